The van der Waals surface area contributed by atoms with Gasteiger partial charge in [0.05, 0.1) is 17.1 Å². The van der Waals surface area contributed by atoms with E-state index < -0.39 is 0 Å². The van der Waals surface area contributed by atoms with E-state index in [1.54, 1.807) is 0 Å². The lowest BCUT2D eigenvalue weighted by atomic mass is 9.95. The zero-order chi connectivity index (χ0) is 32.3. The molecule has 0 saturated heterocycles. The number of para-hydroxylation sites is 2. The first kappa shape index (κ1) is 32.3. The molecular weight excluding hydrogens is 558 g/mol. The van der Waals surface area contributed by atoms with Crippen molar-refractivity contribution in [1.29, 1.82) is 0 Å². The van der Waals surface area contributed by atoms with Crippen LogP contribution in [0.1, 0.15) is 55.0 Å². The number of nitrogens with zero attached hydrogens (tertiary/aromatic N) is 1. The highest BCUT2D eigenvalue weighted by Crippen LogP contribution is 2.36. The minimum atomic E-state index is 0.131. The Kier molecular flexibility index (Phi) is 11.0. The van der Waals surface area contributed by atoms with Crippen LogP contribution in [0.2, 0.25) is 0 Å². The molecule has 0 aliphatic heterocycles. The lowest BCUT2D eigenvalue weighted by Gasteiger charge is -2.18. The van der Waals surface area contributed by atoms with E-state index in [1.807, 2.05) is 75.5 Å². The first-order valence-electron chi connectivity index (χ1n) is 16.3. The molecule has 46 heavy (non-hydrogen) atoms. The Balaban J connectivity index is 0.000000183. The summed E-state index contributed by atoms with van der Waals surface area (Å²) in [5.41, 5.74) is 17.2. The van der Waals surface area contributed by atoms with Crippen molar-refractivity contribution in [2.45, 2.75) is 39.7 Å². The van der Waals surface area contributed by atoms with E-state index in [9.17, 15) is 0 Å². The van der Waals surface area contributed by atoms with Crippen LogP contribution in [-0.2, 0) is 0 Å². The lowest BCUT2D eigenvalue weighted by Crippen LogP contribution is -2.15. The van der Waals surface area contributed by atoms with Crippen LogP contribution in [0.5, 0.6) is 0 Å². The summed E-state index contributed by atoms with van der Waals surface area (Å²) in [5.74, 6) is 0. The number of hydrogen-bond acceptors (Lipinski definition) is 2. The first-order chi connectivity index (χ1) is 22.6. The van der Waals surface area contributed by atoms with Crippen LogP contribution in [-0.4, -0.2) is 11.6 Å². The highest BCUT2D eigenvalue weighted by atomic mass is 15.0. The molecule has 1 aromatic heterocycles. The topological polar surface area (TPSA) is 43.0 Å². The highest BCUT2D eigenvalue weighted by molar-refractivity contribution is 6.10. The van der Waals surface area contributed by atoms with Gasteiger partial charge in [-0.05, 0) is 73.4 Å². The molecule has 1 heterocycles. The van der Waals surface area contributed by atoms with Crippen LogP contribution >= 0.6 is 0 Å². The smallest absolute Gasteiger partial charge is 0.0537 e. The van der Waals surface area contributed by atoms with Gasteiger partial charge in [0.1, 0.15) is 0 Å². The Morgan fingerprint density at radius 1 is 0.674 bits per heavy atom. The fraction of sp³-hybridized carbons (Fsp3) is 0.163. The fourth-order valence-corrected chi connectivity index (χ4v) is 5.97. The summed E-state index contributed by atoms with van der Waals surface area (Å²) in [6.07, 6.45) is 8.79. The average Bonchev–Trinajstić information content (AvgIpc) is 3.47. The van der Waals surface area contributed by atoms with Crippen LogP contribution in [0.3, 0.4) is 0 Å². The molecule has 1 aliphatic carbocycles. The number of nitrogens with two attached hydrogens (primary N) is 1. The van der Waals surface area contributed by atoms with Crippen molar-refractivity contribution in [3.63, 3.8) is 0 Å². The van der Waals surface area contributed by atoms with Gasteiger partial charge in [-0.1, -0.05) is 147 Å². The molecule has 0 radical (unpaired) electrons. The zero-order valence-corrected chi connectivity index (χ0v) is 27.4. The molecule has 1 aliphatic rings. The van der Waals surface area contributed by atoms with Gasteiger partial charge in [-0.25, -0.2) is 0 Å². The molecule has 3 heteroatoms. The van der Waals surface area contributed by atoms with E-state index in [1.165, 1.54) is 49.8 Å². The first-order valence-corrected chi connectivity index (χ1v) is 16.3. The second kappa shape index (κ2) is 15.7. The number of hydrogen-bond donors (Lipinski definition) is 2. The monoisotopic (exact) mass is 603 g/mol. The summed E-state index contributed by atoms with van der Waals surface area (Å²) in [4.78, 5) is 0. The Bertz CT molecular complexity index is 1890. The third-order valence-electron chi connectivity index (χ3n) is 8.34. The molecule has 0 amide bonds. The van der Waals surface area contributed by atoms with Crippen molar-refractivity contribution < 1.29 is 0 Å². The number of aromatic nitrogens is 1. The third-order valence-corrected chi connectivity index (χ3v) is 8.34. The largest absolute Gasteiger partial charge is 0.398 e. The molecule has 3 nitrogen and oxygen atoms in total. The standard InChI is InChI=1S/C25H21N.C16H18N2.C2H6/c1-18-10-12-19(13-11-18)20-14-16-21(17-15-20)26-24-8-4-2-6-22(24)23-7-3-5-9-25(23)26;1-18-16(14-10-6-3-7-11-14)12-15(17)13-8-4-2-5-9-13;1-2/h2-14,16H,15,17H2,1H3;2-12,16,18H,17H2,1H3;1-2H3/b;15-12-;. The van der Waals surface area contributed by atoms with Gasteiger partial charge in [0, 0.05) is 22.2 Å². The van der Waals surface area contributed by atoms with Crippen LogP contribution in [0.4, 0.5) is 0 Å². The molecule has 0 bridgehead atoms. The van der Waals surface area contributed by atoms with E-state index >= 15 is 0 Å². The second-order valence-electron chi connectivity index (χ2n) is 11.3. The van der Waals surface area contributed by atoms with Gasteiger partial charge in [-0.15, -0.1) is 0 Å². The number of nitrogens with one attached hydrogen (secondary N) is 1. The molecule has 0 spiro atoms. The molecule has 6 aromatic rings. The van der Waals surface area contributed by atoms with E-state index in [2.05, 4.69) is 114 Å². The van der Waals surface area contributed by atoms with E-state index in [0.717, 1.165) is 24.1 Å². The molecule has 232 valence electrons. The van der Waals surface area contributed by atoms with Gasteiger partial charge >= 0.3 is 0 Å². The predicted octanol–water partition coefficient (Wildman–Crippen LogP) is 10.8. The third kappa shape index (κ3) is 7.39. The van der Waals surface area contributed by atoms with E-state index in [0.29, 0.717) is 0 Å². The number of likely N-dealkylation sites (N-methyl/N-ethyl adjacent to an activating group) is 1. The maximum absolute atomic E-state index is 6.13. The quantitative estimate of drug-likeness (QED) is 0.199. The minimum absolute atomic E-state index is 0.131. The molecule has 0 saturated carbocycles. The summed E-state index contributed by atoms with van der Waals surface area (Å²) in [5, 5.41) is 5.92. The molecule has 1 unspecified atom stereocenters. The zero-order valence-electron chi connectivity index (χ0n) is 27.4. The van der Waals surface area contributed by atoms with E-state index in [-0.39, 0.29) is 6.04 Å². The Hall–Kier alpha value is -5.12. The van der Waals surface area contributed by atoms with Crippen molar-refractivity contribution in [2.75, 3.05) is 7.05 Å². The van der Waals surface area contributed by atoms with Gasteiger partial charge in [-0.3, -0.25) is 0 Å². The number of rotatable bonds is 6. The van der Waals surface area contributed by atoms with Crippen molar-refractivity contribution in [1.82, 2.24) is 9.88 Å². The van der Waals surface area contributed by atoms with Crippen LogP contribution < -0.4 is 11.1 Å². The maximum atomic E-state index is 6.13. The molecule has 1 atom stereocenters. The summed E-state index contributed by atoms with van der Waals surface area (Å²) >= 11 is 0. The Morgan fingerprint density at radius 2 is 1.22 bits per heavy atom. The average molecular weight is 604 g/mol. The highest BCUT2D eigenvalue weighted by Gasteiger charge is 2.15. The molecular formula is C43H45N3. The number of fused-ring (bicyclic) bond motifs is 3. The van der Waals surface area contributed by atoms with Gasteiger partial charge < -0.3 is 15.6 Å². The summed E-state index contributed by atoms with van der Waals surface area (Å²) in [7, 11) is 1.94. The summed E-state index contributed by atoms with van der Waals surface area (Å²) in [6.45, 7) is 6.14. The number of benzene rings is 5. The number of aryl methyl sites for hydroxylation is 1. The minimum Gasteiger partial charge on any atom is -0.398 e. The molecule has 7 rings (SSSR count). The maximum Gasteiger partial charge on any atom is 0.0537 e. The summed E-state index contributed by atoms with van der Waals surface area (Å²) < 4.78 is 2.44. The van der Waals surface area contributed by atoms with Gasteiger partial charge in [0.25, 0.3) is 0 Å². The van der Waals surface area contributed by atoms with Crippen LogP contribution in [0.25, 0.3) is 38.8 Å². The van der Waals surface area contributed by atoms with Crippen LogP contribution in [0.15, 0.2) is 152 Å². The second-order valence-corrected chi connectivity index (χ2v) is 11.3. The Morgan fingerprint density at radius 3 is 1.76 bits per heavy atom. The van der Waals surface area contributed by atoms with Crippen molar-refractivity contribution >= 4 is 38.8 Å². The van der Waals surface area contributed by atoms with Gasteiger partial charge in [0.15, 0.2) is 0 Å². The molecule has 3 N–H and O–H groups in total. The SMILES string of the molecule is CC.CNC(/C=C(\N)c1ccccc1)c1ccccc1.Cc1ccc(C2=CC=C(n3c4ccccc4c4ccccc43)CC2)cc1. The number of allylic oxidation sites excluding steroid dienone is 4. The molecule has 0 fully saturated rings. The Labute approximate surface area is 274 Å². The predicted molar refractivity (Wildman–Crippen MR) is 200 cm³/mol. The lowest BCUT2D eigenvalue weighted by molar-refractivity contribution is 0.715. The van der Waals surface area contributed by atoms with E-state index in [4.69, 9.17) is 5.73 Å². The van der Waals surface area contributed by atoms with Gasteiger partial charge in [-0.2, -0.15) is 0 Å². The molecule has 5 aromatic carbocycles. The summed E-state index contributed by atoms with van der Waals surface area (Å²) in [6, 6.07) is 46.7. The van der Waals surface area contributed by atoms with Crippen molar-refractivity contribution in [3.05, 3.63) is 174 Å². The van der Waals surface area contributed by atoms with Crippen LogP contribution in [0, 0.1) is 6.92 Å². The normalized spacial score (nSPS) is 13.5. The fourth-order valence-electron chi connectivity index (χ4n) is 5.97. The van der Waals surface area contributed by atoms with Gasteiger partial charge in [0.2, 0.25) is 0 Å². The van der Waals surface area contributed by atoms with Crippen molar-refractivity contribution in [3.8, 4) is 0 Å². The van der Waals surface area contributed by atoms with Crippen molar-refractivity contribution in [2.24, 2.45) is 5.73 Å².